The molecule has 5 nitrogen and oxygen atoms in total. The van der Waals surface area contributed by atoms with Crippen molar-refractivity contribution in [3.8, 4) is 0 Å². The lowest BCUT2D eigenvalue weighted by molar-refractivity contribution is -0.126. The molecule has 1 heterocycles. The van der Waals surface area contributed by atoms with Crippen LogP contribution in [0.4, 0.5) is 0 Å². The Hall–Kier alpha value is -1.60. The van der Waals surface area contributed by atoms with Crippen LogP contribution in [0.25, 0.3) is 0 Å². The Morgan fingerprint density at radius 1 is 1.10 bits per heavy atom. The first kappa shape index (κ1) is 24.1. The van der Waals surface area contributed by atoms with E-state index in [-0.39, 0.29) is 17.6 Å². The van der Waals surface area contributed by atoms with Crippen molar-refractivity contribution < 1.29 is 13.2 Å². The Morgan fingerprint density at radius 3 is 2.42 bits per heavy atom. The Balaban J connectivity index is 1.42. The second kappa shape index (κ2) is 10.8. The third kappa shape index (κ3) is 6.94. The standard InChI is InChI=1S/C23H28Cl2N2O3S/c1-17-4-6-18(7-5-17)3-2-12-26-23(28)19-10-13-27(14-11-19)31(29,30)16-20-8-9-21(24)15-22(20)25/h4-9,15,19H,2-3,10-14,16H2,1H3,(H,26,28). The Labute approximate surface area is 194 Å². The topological polar surface area (TPSA) is 66.5 Å². The summed E-state index contributed by atoms with van der Waals surface area (Å²) in [6.45, 7) is 3.37. The molecule has 0 radical (unpaired) electrons. The van der Waals surface area contributed by atoms with Gasteiger partial charge in [-0.05, 0) is 55.9 Å². The number of hydrogen-bond acceptors (Lipinski definition) is 3. The van der Waals surface area contributed by atoms with Gasteiger partial charge in [-0.1, -0.05) is 59.1 Å². The highest BCUT2D eigenvalue weighted by molar-refractivity contribution is 7.88. The van der Waals surface area contributed by atoms with Crippen molar-refractivity contribution in [3.05, 3.63) is 69.2 Å². The van der Waals surface area contributed by atoms with Gasteiger partial charge in [0.15, 0.2) is 0 Å². The lowest BCUT2D eigenvalue weighted by Gasteiger charge is -2.30. The number of rotatable bonds is 8. The van der Waals surface area contributed by atoms with Gasteiger partial charge in [0.05, 0.1) is 5.75 Å². The van der Waals surface area contributed by atoms with Crippen molar-refractivity contribution in [1.82, 2.24) is 9.62 Å². The van der Waals surface area contributed by atoms with E-state index in [4.69, 9.17) is 23.2 Å². The molecule has 1 saturated heterocycles. The molecule has 0 spiro atoms. The van der Waals surface area contributed by atoms with Gasteiger partial charge in [-0.3, -0.25) is 4.79 Å². The number of carbonyl (C=O) groups excluding carboxylic acids is 1. The van der Waals surface area contributed by atoms with E-state index in [9.17, 15) is 13.2 Å². The smallest absolute Gasteiger partial charge is 0.223 e. The first-order valence-electron chi connectivity index (χ1n) is 10.5. The van der Waals surface area contributed by atoms with Crippen LogP contribution in [0.5, 0.6) is 0 Å². The van der Waals surface area contributed by atoms with Gasteiger partial charge in [0.1, 0.15) is 0 Å². The number of halogens is 2. The molecule has 8 heteroatoms. The maximum Gasteiger partial charge on any atom is 0.223 e. The summed E-state index contributed by atoms with van der Waals surface area (Å²) in [4.78, 5) is 12.5. The van der Waals surface area contributed by atoms with Crippen LogP contribution in [0.15, 0.2) is 42.5 Å². The van der Waals surface area contributed by atoms with Crippen molar-refractivity contribution >= 4 is 39.1 Å². The highest BCUT2D eigenvalue weighted by atomic mass is 35.5. The van der Waals surface area contributed by atoms with Gasteiger partial charge in [-0.25, -0.2) is 12.7 Å². The van der Waals surface area contributed by atoms with Crippen LogP contribution >= 0.6 is 23.2 Å². The quantitative estimate of drug-likeness (QED) is 0.559. The third-order valence-electron chi connectivity index (χ3n) is 5.63. The van der Waals surface area contributed by atoms with E-state index < -0.39 is 10.0 Å². The zero-order valence-electron chi connectivity index (χ0n) is 17.6. The number of hydrogen-bond donors (Lipinski definition) is 1. The molecule has 0 aromatic heterocycles. The summed E-state index contributed by atoms with van der Waals surface area (Å²) in [6.07, 6.45) is 2.85. The van der Waals surface area contributed by atoms with Gasteiger partial charge in [0.2, 0.25) is 15.9 Å². The molecule has 31 heavy (non-hydrogen) atoms. The Morgan fingerprint density at radius 2 is 1.77 bits per heavy atom. The average molecular weight is 483 g/mol. The number of piperidine rings is 1. The van der Waals surface area contributed by atoms with Crippen molar-refractivity contribution in [1.29, 1.82) is 0 Å². The van der Waals surface area contributed by atoms with Crippen LogP contribution in [0.2, 0.25) is 10.0 Å². The monoisotopic (exact) mass is 482 g/mol. The first-order chi connectivity index (χ1) is 14.7. The highest BCUT2D eigenvalue weighted by Crippen LogP contribution is 2.26. The zero-order chi connectivity index (χ0) is 22.4. The largest absolute Gasteiger partial charge is 0.356 e. The second-order valence-electron chi connectivity index (χ2n) is 8.05. The van der Waals surface area contributed by atoms with Crippen molar-refractivity contribution in [2.24, 2.45) is 5.92 Å². The molecule has 2 aromatic rings. The minimum atomic E-state index is -3.50. The minimum Gasteiger partial charge on any atom is -0.356 e. The fourth-order valence-electron chi connectivity index (χ4n) is 3.73. The average Bonchev–Trinajstić information content (AvgIpc) is 2.74. The van der Waals surface area contributed by atoms with Crippen molar-refractivity contribution in [3.63, 3.8) is 0 Å². The molecular formula is C23H28Cl2N2O3S. The van der Waals surface area contributed by atoms with E-state index in [0.29, 0.717) is 48.1 Å². The van der Waals surface area contributed by atoms with Crippen LogP contribution in [0.1, 0.15) is 36.0 Å². The molecule has 2 aromatic carbocycles. The number of aryl methyl sites for hydroxylation is 2. The molecule has 1 N–H and O–H groups in total. The van der Waals surface area contributed by atoms with Crippen LogP contribution in [-0.4, -0.2) is 38.3 Å². The normalized spacial score (nSPS) is 15.7. The molecule has 1 aliphatic heterocycles. The Kier molecular flexibility index (Phi) is 8.39. The van der Waals surface area contributed by atoms with Gasteiger partial charge >= 0.3 is 0 Å². The SMILES string of the molecule is Cc1ccc(CCCNC(=O)C2CCN(S(=O)(=O)Cc3ccc(Cl)cc3Cl)CC2)cc1. The van der Waals surface area contributed by atoms with Gasteiger partial charge in [-0.2, -0.15) is 0 Å². The number of benzene rings is 2. The third-order valence-corrected chi connectivity index (χ3v) is 8.05. The van der Waals surface area contributed by atoms with Gasteiger partial charge < -0.3 is 5.32 Å². The highest BCUT2D eigenvalue weighted by Gasteiger charge is 2.31. The predicted octanol–water partition coefficient (Wildman–Crippen LogP) is 4.59. The van der Waals surface area contributed by atoms with Crippen LogP contribution in [0, 0.1) is 12.8 Å². The fraction of sp³-hybridized carbons (Fsp3) is 0.435. The number of amides is 1. The lowest BCUT2D eigenvalue weighted by atomic mass is 9.97. The summed E-state index contributed by atoms with van der Waals surface area (Å²) in [5, 5.41) is 3.82. The molecule has 3 rings (SSSR count). The van der Waals surface area contributed by atoms with E-state index in [1.807, 2.05) is 0 Å². The first-order valence-corrected chi connectivity index (χ1v) is 12.9. The van der Waals surface area contributed by atoms with E-state index >= 15 is 0 Å². The summed E-state index contributed by atoms with van der Waals surface area (Å²) < 4.78 is 27.0. The Bertz CT molecular complexity index is 1000. The molecule has 1 fully saturated rings. The van der Waals surface area contributed by atoms with Crippen molar-refractivity contribution in [2.75, 3.05) is 19.6 Å². The van der Waals surface area contributed by atoms with Gasteiger partial charge in [-0.15, -0.1) is 0 Å². The lowest BCUT2D eigenvalue weighted by Crippen LogP contribution is -2.43. The zero-order valence-corrected chi connectivity index (χ0v) is 19.9. The minimum absolute atomic E-state index is 0.0155. The van der Waals surface area contributed by atoms with E-state index in [1.54, 1.807) is 18.2 Å². The molecule has 0 saturated carbocycles. The molecule has 0 atom stereocenters. The summed E-state index contributed by atoms with van der Waals surface area (Å²) in [5.74, 6) is -0.301. The molecule has 1 aliphatic rings. The van der Waals surface area contributed by atoms with Crippen LogP contribution < -0.4 is 5.32 Å². The maximum atomic E-state index is 12.8. The molecule has 0 aliphatic carbocycles. The van der Waals surface area contributed by atoms with Crippen LogP contribution in [0.3, 0.4) is 0 Å². The fourth-order valence-corrected chi connectivity index (χ4v) is 5.87. The summed E-state index contributed by atoms with van der Waals surface area (Å²) in [5.41, 5.74) is 3.03. The summed E-state index contributed by atoms with van der Waals surface area (Å²) in [7, 11) is -3.50. The molecular weight excluding hydrogens is 455 g/mol. The number of carbonyl (C=O) groups is 1. The molecule has 1 amide bonds. The predicted molar refractivity (Wildman–Crippen MR) is 126 cm³/mol. The maximum absolute atomic E-state index is 12.8. The van der Waals surface area contributed by atoms with Gasteiger partial charge in [0, 0.05) is 35.6 Å². The molecule has 0 unspecified atom stereocenters. The number of nitrogens with zero attached hydrogens (tertiary/aromatic N) is 1. The van der Waals surface area contributed by atoms with Crippen molar-refractivity contribution in [2.45, 2.75) is 38.4 Å². The van der Waals surface area contributed by atoms with Crippen LogP contribution in [-0.2, 0) is 27.0 Å². The van der Waals surface area contributed by atoms with Gasteiger partial charge in [0.25, 0.3) is 0 Å². The number of sulfonamides is 1. The molecule has 168 valence electrons. The van der Waals surface area contributed by atoms with E-state index in [0.717, 1.165) is 12.8 Å². The van der Waals surface area contributed by atoms with E-state index in [2.05, 4.69) is 36.5 Å². The summed E-state index contributed by atoms with van der Waals surface area (Å²) >= 11 is 12.0. The number of nitrogens with one attached hydrogen (secondary N) is 1. The second-order valence-corrected chi connectivity index (χ2v) is 10.9. The van der Waals surface area contributed by atoms with E-state index in [1.165, 1.54) is 15.4 Å². The summed E-state index contributed by atoms with van der Waals surface area (Å²) in [6, 6.07) is 13.2. The molecule has 0 bridgehead atoms.